The second kappa shape index (κ2) is 6.86. The Bertz CT molecular complexity index is 527. The zero-order valence-corrected chi connectivity index (χ0v) is 16.6. The van der Waals surface area contributed by atoms with E-state index in [0.717, 1.165) is 32.1 Å². The standard InChI is InChI=1S/C20H30BrNO3/c21-20-10-14-7-15(11-20)9-19(8-14,13-20)18(24)25-12-17(23)22-16-5-3-1-2-4-6-16/h14-16H,1-13H2,(H,22,23)/t14-,15+,19?,20?. The first-order valence-corrected chi connectivity index (χ1v) is 10.9. The van der Waals surface area contributed by atoms with Crippen molar-refractivity contribution in [2.24, 2.45) is 17.3 Å². The van der Waals surface area contributed by atoms with E-state index in [0.29, 0.717) is 11.8 Å². The molecule has 5 saturated carbocycles. The normalized spacial score (nSPS) is 40.5. The summed E-state index contributed by atoms with van der Waals surface area (Å²) >= 11 is 3.93. The average molecular weight is 412 g/mol. The molecule has 4 atom stereocenters. The fourth-order valence-electron chi connectivity index (χ4n) is 6.37. The molecule has 4 nitrogen and oxygen atoms in total. The molecule has 1 N–H and O–H groups in total. The van der Waals surface area contributed by atoms with Crippen LogP contribution in [0.25, 0.3) is 0 Å². The van der Waals surface area contributed by atoms with Crippen molar-refractivity contribution in [3.05, 3.63) is 0 Å². The number of halogens is 1. The summed E-state index contributed by atoms with van der Waals surface area (Å²) in [7, 11) is 0. The number of alkyl halides is 1. The van der Waals surface area contributed by atoms with Crippen LogP contribution in [0.3, 0.4) is 0 Å². The lowest BCUT2D eigenvalue weighted by Gasteiger charge is -2.58. The molecule has 5 rings (SSSR count). The second-order valence-corrected chi connectivity index (χ2v) is 10.9. The third-order valence-electron chi connectivity index (χ3n) is 6.98. The van der Waals surface area contributed by atoms with Gasteiger partial charge >= 0.3 is 5.97 Å². The number of nitrogens with one attached hydrogen (secondary N) is 1. The quantitative estimate of drug-likeness (QED) is 0.430. The Labute approximate surface area is 159 Å². The molecular weight excluding hydrogens is 382 g/mol. The SMILES string of the molecule is O=C(COC(=O)C12C[C@@H]3C[C@@H](CC(Br)(C3)C1)C2)NC1CCCCCC1. The zero-order valence-electron chi connectivity index (χ0n) is 15.0. The summed E-state index contributed by atoms with van der Waals surface area (Å²) in [6, 6.07) is 0.263. The summed E-state index contributed by atoms with van der Waals surface area (Å²) in [6.07, 6.45) is 13.5. The fraction of sp³-hybridized carbons (Fsp3) is 0.900. The van der Waals surface area contributed by atoms with E-state index in [1.54, 1.807) is 0 Å². The van der Waals surface area contributed by atoms with Gasteiger partial charge in [-0.2, -0.15) is 0 Å². The van der Waals surface area contributed by atoms with Crippen LogP contribution in [0.2, 0.25) is 0 Å². The van der Waals surface area contributed by atoms with Gasteiger partial charge in [-0.3, -0.25) is 9.59 Å². The van der Waals surface area contributed by atoms with Gasteiger partial charge in [0.2, 0.25) is 0 Å². The highest BCUT2D eigenvalue weighted by Crippen LogP contribution is 2.64. The van der Waals surface area contributed by atoms with Crippen molar-refractivity contribution in [1.82, 2.24) is 5.32 Å². The molecule has 2 unspecified atom stereocenters. The second-order valence-electron chi connectivity index (χ2n) is 9.22. The number of esters is 1. The highest BCUT2D eigenvalue weighted by Gasteiger charge is 2.60. The molecule has 0 spiro atoms. The van der Waals surface area contributed by atoms with Gasteiger partial charge in [-0.15, -0.1) is 0 Å². The van der Waals surface area contributed by atoms with E-state index in [1.165, 1.54) is 44.9 Å². The monoisotopic (exact) mass is 411 g/mol. The fourth-order valence-corrected chi connectivity index (χ4v) is 7.82. The Kier molecular flexibility index (Phi) is 4.89. The molecular formula is C20H30BrNO3. The molecule has 25 heavy (non-hydrogen) atoms. The highest BCUT2D eigenvalue weighted by atomic mass is 79.9. The van der Waals surface area contributed by atoms with Gasteiger partial charge in [0.1, 0.15) is 0 Å². The third-order valence-corrected chi connectivity index (χ3v) is 7.91. The molecule has 140 valence electrons. The molecule has 5 aliphatic carbocycles. The van der Waals surface area contributed by atoms with Crippen LogP contribution in [0.5, 0.6) is 0 Å². The van der Waals surface area contributed by atoms with Crippen LogP contribution in [0.1, 0.15) is 77.0 Å². The predicted octanol–water partition coefficient (Wildman–Crippen LogP) is 4.10. The van der Waals surface area contributed by atoms with E-state index < -0.39 is 0 Å². The van der Waals surface area contributed by atoms with Crippen LogP contribution in [0, 0.1) is 17.3 Å². The van der Waals surface area contributed by atoms with E-state index in [9.17, 15) is 9.59 Å². The summed E-state index contributed by atoms with van der Waals surface area (Å²) in [5.74, 6) is 1.04. The average Bonchev–Trinajstić information content (AvgIpc) is 2.79. The van der Waals surface area contributed by atoms with Crippen LogP contribution >= 0.6 is 15.9 Å². The molecule has 5 heteroatoms. The van der Waals surface area contributed by atoms with Crippen molar-refractivity contribution in [2.45, 2.75) is 87.4 Å². The van der Waals surface area contributed by atoms with Crippen LogP contribution in [0.4, 0.5) is 0 Å². The van der Waals surface area contributed by atoms with Crippen molar-refractivity contribution in [3.63, 3.8) is 0 Å². The van der Waals surface area contributed by atoms with Gasteiger partial charge in [-0.1, -0.05) is 41.6 Å². The molecule has 0 saturated heterocycles. The highest BCUT2D eigenvalue weighted by molar-refractivity contribution is 9.10. The van der Waals surface area contributed by atoms with Gasteiger partial charge in [0, 0.05) is 10.4 Å². The van der Waals surface area contributed by atoms with Crippen molar-refractivity contribution >= 4 is 27.8 Å². The van der Waals surface area contributed by atoms with Crippen LogP contribution < -0.4 is 5.32 Å². The molecule has 0 heterocycles. The number of hydrogen-bond donors (Lipinski definition) is 1. The molecule has 4 bridgehead atoms. The minimum Gasteiger partial charge on any atom is -0.455 e. The van der Waals surface area contributed by atoms with Gasteiger partial charge in [-0.25, -0.2) is 0 Å². The smallest absolute Gasteiger partial charge is 0.312 e. The number of hydrogen-bond acceptors (Lipinski definition) is 3. The maximum absolute atomic E-state index is 12.9. The van der Waals surface area contributed by atoms with Crippen LogP contribution in [-0.4, -0.2) is 28.8 Å². The van der Waals surface area contributed by atoms with Crippen molar-refractivity contribution in [2.75, 3.05) is 6.61 Å². The summed E-state index contributed by atoms with van der Waals surface area (Å²) in [5.41, 5.74) is -0.337. The molecule has 5 aliphatic rings. The van der Waals surface area contributed by atoms with Crippen LogP contribution in [0.15, 0.2) is 0 Å². The van der Waals surface area contributed by atoms with Gasteiger partial charge in [0.25, 0.3) is 5.91 Å². The largest absolute Gasteiger partial charge is 0.455 e. The molecule has 0 aromatic heterocycles. The summed E-state index contributed by atoms with van der Waals surface area (Å²) in [4.78, 5) is 25.1. The van der Waals surface area contributed by atoms with Crippen molar-refractivity contribution in [1.29, 1.82) is 0 Å². The minimum absolute atomic E-state index is 0.109. The van der Waals surface area contributed by atoms with E-state index in [-0.39, 0.29) is 34.3 Å². The molecule has 0 aromatic rings. The first kappa shape index (κ1) is 17.8. The lowest BCUT2D eigenvalue weighted by atomic mass is 9.49. The molecule has 1 amide bonds. The lowest BCUT2D eigenvalue weighted by Crippen LogP contribution is -2.56. The Hall–Kier alpha value is -0.580. The minimum atomic E-state index is -0.337. The van der Waals surface area contributed by atoms with Gasteiger partial charge in [0.15, 0.2) is 6.61 Å². The van der Waals surface area contributed by atoms with Crippen molar-refractivity contribution in [3.8, 4) is 0 Å². The first-order valence-electron chi connectivity index (χ1n) is 10.1. The van der Waals surface area contributed by atoms with E-state index in [4.69, 9.17) is 4.74 Å². The maximum Gasteiger partial charge on any atom is 0.312 e. The lowest BCUT2D eigenvalue weighted by molar-refractivity contribution is -0.171. The number of carbonyl (C=O) groups excluding carboxylic acids is 2. The van der Waals surface area contributed by atoms with E-state index >= 15 is 0 Å². The summed E-state index contributed by atoms with van der Waals surface area (Å²) in [6.45, 7) is -0.109. The Balaban J connectivity index is 1.31. The van der Waals surface area contributed by atoms with Crippen molar-refractivity contribution < 1.29 is 14.3 Å². The summed E-state index contributed by atoms with van der Waals surface area (Å²) in [5, 5.41) is 3.07. The number of carbonyl (C=O) groups is 2. The van der Waals surface area contributed by atoms with E-state index in [2.05, 4.69) is 21.2 Å². The van der Waals surface area contributed by atoms with Gasteiger partial charge in [-0.05, 0) is 63.2 Å². The summed E-state index contributed by atoms with van der Waals surface area (Å²) < 4.78 is 5.67. The number of ether oxygens (including phenoxy) is 1. The number of amides is 1. The van der Waals surface area contributed by atoms with E-state index in [1.807, 2.05) is 0 Å². The Morgan fingerprint density at radius 1 is 1.00 bits per heavy atom. The molecule has 0 aromatic carbocycles. The molecule has 0 aliphatic heterocycles. The van der Waals surface area contributed by atoms with Gasteiger partial charge < -0.3 is 10.1 Å². The predicted molar refractivity (Wildman–Crippen MR) is 99.4 cm³/mol. The number of rotatable bonds is 4. The first-order chi connectivity index (χ1) is 12.0. The third kappa shape index (κ3) is 3.77. The van der Waals surface area contributed by atoms with Crippen LogP contribution in [-0.2, 0) is 14.3 Å². The zero-order chi connectivity index (χ0) is 17.5. The maximum atomic E-state index is 12.9. The molecule has 5 fully saturated rings. The molecule has 0 radical (unpaired) electrons. The Morgan fingerprint density at radius 3 is 2.24 bits per heavy atom. The van der Waals surface area contributed by atoms with Gasteiger partial charge in [0.05, 0.1) is 5.41 Å². The topological polar surface area (TPSA) is 55.4 Å². The Morgan fingerprint density at radius 2 is 1.64 bits per heavy atom.